The van der Waals surface area contributed by atoms with Crippen LogP contribution in [0.15, 0.2) is 39.1 Å². The molecule has 5 heteroatoms. The van der Waals surface area contributed by atoms with E-state index in [9.17, 15) is 4.79 Å². The van der Waals surface area contributed by atoms with E-state index in [0.717, 1.165) is 28.2 Å². The molecule has 23 heavy (non-hydrogen) atoms. The number of aliphatic imine (C=N–C) groups is 1. The maximum absolute atomic E-state index is 12.3. The topological polar surface area (TPSA) is 54.4 Å². The Labute approximate surface area is 139 Å². The van der Waals surface area contributed by atoms with Crippen molar-refractivity contribution in [3.63, 3.8) is 0 Å². The zero-order valence-electron chi connectivity index (χ0n) is 13.4. The van der Waals surface area contributed by atoms with Gasteiger partial charge in [0, 0.05) is 40.1 Å². The van der Waals surface area contributed by atoms with E-state index in [2.05, 4.69) is 22.1 Å². The average Bonchev–Trinajstić information content (AvgIpc) is 3.37. The zero-order chi connectivity index (χ0) is 16.4. The Hall–Kier alpha value is -2.01. The number of ether oxygens (including phenoxy) is 1. The Morgan fingerprint density at radius 3 is 2.96 bits per heavy atom. The fraction of sp³-hybridized carbons (Fsp3) is 0.333. The Morgan fingerprint density at radius 1 is 1.52 bits per heavy atom. The first-order valence-electron chi connectivity index (χ1n) is 7.62. The summed E-state index contributed by atoms with van der Waals surface area (Å²) in [6, 6.07) is 5.32. The number of nitrogens with zero attached hydrogens (tertiary/aromatic N) is 1. The highest BCUT2D eigenvalue weighted by atomic mass is 32.2. The third kappa shape index (κ3) is 3.34. The van der Waals surface area contributed by atoms with Crippen LogP contribution in [0.3, 0.4) is 0 Å². The summed E-state index contributed by atoms with van der Waals surface area (Å²) < 4.78 is 5.34. The molecule has 0 unspecified atom stereocenters. The second-order valence-electron chi connectivity index (χ2n) is 5.76. The number of thioether (sulfide) groups is 1. The van der Waals surface area contributed by atoms with Gasteiger partial charge in [-0.25, -0.2) is 0 Å². The van der Waals surface area contributed by atoms with Crippen LogP contribution in [0.5, 0.6) is 5.75 Å². The maximum atomic E-state index is 12.3. The van der Waals surface area contributed by atoms with Gasteiger partial charge in [-0.05, 0) is 44.0 Å². The number of nitrogens with one attached hydrogen (secondary N) is 1. The van der Waals surface area contributed by atoms with Crippen molar-refractivity contribution in [2.45, 2.75) is 25.5 Å². The lowest BCUT2D eigenvalue weighted by Gasteiger charge is -2.09. The Bertz CT molecular complexity index is 835. The number of rotatable bonds is 6. The van der Waals surface area contributed by atoms with Gasteiger partial charge in [-0.1, -0.05) is 0 Å². The summed E-state index contributed by atoms with van der Waals surface area (Å²) >= 11 is 1.64. The summed E-state index contributed by atoms with van der Waals surface area (Å²) in [5, 5.41) is 2.75. The average molecular weight is 328 g/mol. The molecule has 1 fully saturated rings. The molecule has 0 aliphatic heterocycles. The lowest BCUT2D eigenvalue weighted by molar-refractivity contribution is 0.412. The van der Waals surface area contributed by atoms with Crippen molar-refractivity contribution in [3.8, 4) is 5.75 Å². The van der Waals surface area contributed by atoms with Crippen LogP contribution in [0.4, 0.5) is 0 Å². The number of methoxy groups -OCH3 is 1. The van der Waals surface area contributed by atoms with E-state index in [1.54, 1.807) is 24.9 Å². The molecule has 0 spiro atoms. The Kier molecular flexibility index (Phi) is 4.57. The first kappa shape index (κ1) is 15.9. The molecule has 2 aromatic rings. The number of pyridine rings is 1. The molecule has 1 heterocycles. The number of aryl methyl sites for hydroxylation is 1. The van der Waals surface area contributed by atoms with E-state index in [1.165, 1.54) is 12.8 Å². The quantitative estimate of drug-likeness (QED) is 0.815. The molecule has 1 saturated carbocycles. The van der Waals surface area contributed by atoms with Gasteiger partial charge in [-0.3, -0.25) is 9.79 Å². The molecule has 1 aromatic carbocycles. The molecular weight excluding hydrogens is 308 g/mol. The summed E-state index contributed by atoms with van der Waals surface area (Å²) in [7, 11) is 1.64. The molecule has 0 atom stereocenters. The van der Waals surface area contributed by atoms with Gasteiger partial charge in [0.25, 0.3) is 0 Å². The van der Waals surface area contributed by atoms with Crippen LogP contribution in [-0.4, -0.2) is 18.8 Å². The smallest absolute Gasteiger partial charge is 0.189 e. The number of aromatic nitrogens is 1. The number of hydrogen-bond donors (Lipinski definition) is 1. The fourth-order valence-corrected chi connectivity index (χ4v) is 3.51. The highest BCUT2D eigenvalue weighted by Gasteiger charge is 2.25. The molecule has 0 radical (unpaired) electrons. The highest BCUT2D eigenvalue weighted by Crippen LogP contribution is 2.38. The molecule has 1 aliphatic carbocycles. The van der Waals surface area contributed by atoms with Crippen molar-refractivity contribution in [2.24, 2.45) is 10.9 Å². The monoisotopic (exact) mass is 328 g/mol. The number of benzene rings is 1. The van der Waals surface area contributed by atoms with Gasteiger partial charge in [-0.2, -0.15) is 0 Å². The van der Waals surface area contributed by atoms with Crippen LogP contribution in [0.1, 0.15) is 24.1 Å². The van der Waals surface area contributed by atoms with Gasteiger partial charge in [0.1, 0.15) is 5.75 Å². The molecule has 120 valence electrons. The maximum Gasteiger partial charge on any atom is 0.189 e. The minimum atomic E-state index is 0.0355. The first-order chi connectivity index (χ1) is 11.1. The van der Waals surface area contributed by atoms with E-state index in [0.29, 0.717) is 17.1 Å². The van der Waals surface area contributed by atoms with E-state index in [-0.39, 0.29) is 5.43 Å². The summed E-state index contributed by atoms with van der Waals surface area (Å²) in [6.07, 6.45) is 2.41. The van der Waals surface area contributed by atoms with Crippen molar-refractivity contribution >= 4 is 29.4 Å². The number of hydrogen-bond acceptors (Lipinski definition) is 4. The largest absolute Gasteiger partial charge is 0.496 e. The summed E-state index contributed by atoms with van der Waals surface area (Å²) in [4.78, 5) is 19.8. The molecule has 0 bridgehead atoms. The molecular formula is C18H20N2O2S. The molecule has 0 saturated heterocycles. The second-order valence-corrected chi connectivity index (χ2v) is 6.62. The van der Waals surface area contributed by atoms with Crippen molar-refractivity contribution in [1.82, 2.24) is 4.98 Å². The fourth-order valence-electron chi connectivity index (χ4n) is 2.65. The standard InChI is InChI=1S/C18H20N2O2S/c1-11-17(22-3)7-6-14-16(21)8-13(20-18(11)14)9-23-10-15(19-2)12-4-5-12/h6-8,10,12H,2,4-5,9H2,1,3H3,(H,20,21)/b15-10-. The van der Waals surface area contributed by atoms with Gasteiger partial charge in [-0.15, -0.1) is 11.8 Å². The normalized spacial score (nSPS) is 15.0. The number of fused-ring (bicyclic) bond motifs is 1. The lowest BCUT2D eigenvalue weighted by atomic mass is 10.1. The van der Waals surface area contributed by atoms with Crippen LogP contribution in [0.2, 0.25) is 0 Å². The van der Waals surface area contributed by atoms with E-state index < -0.39 is 0 Å². The molecule has 1 aliphatic rings. The second kappa shape index (κ2) is 6.62. The minimum Gasteiger partial charge on any atom is -0.496 e. The van der Waals surface area contributed by atoms with Crippen molar-refractivity contribution in [2.75, 3.05) is 7.11 Å². The third-order valence-corrected chi connectivity index (χ3v) is 5.00. The van der Waals surface area contributed by atoms with E-state index in [4.69, 9.17) is 4.74 Å². The molecule has 3 rings (SSSR count). The number of allylic oxidation sites excluding steroid dienone is 1. The zero-order valence-corrected chi connectivity index (χ0v) is 14.2. The van der Waals surface area contributed by atoms with Crippen molar-refractivity contribution in [1.29, 1.82) is 0 Å². The summed E-state index contributed by atoms with van der Waals surface area (Å²) in [6.45, 7) is 5.59. The molecule has 1 N–H and O–H groups in total. The van der Waals surface area contributed by atoms with Crippen molar-refractivity contribution < 1.29 is 4.74 Å². The molecule has 4 nitrogen and oxygen atoms in total. The van der Waals surface area contributed by atoms with Gasteiger partial charge < -0.3 is 9.72 Å². The Morgan fingerprint density at radius 2 is 2.30 bits per heavy atom. The lowest BCUT2D eigenvalue weighted by Crippen LogP contribution is -2.06. The van der Waals surface area contributed by atoms with Crippen molar-refractivity contribution in [3.05, 3.63) is 50.8 Å². The van der Waals surface area contributed by atoms with Crippen LogP contribution in [-0.2, 0) is 5.75 Å². The number of aromatic amines is 1. The van der Waals surface area contributed by atoms with E-state index >= 15 is 0 Å². The molecule has 0 amide bonds. The minimum absolute atomic E-state index is 0.0355. The first-order valence-corrected chi connectivity index (χ1v) is 8.66. The SMILES string of the molecule is C=N/C(=C\SCc1cc(=O)c2ccc(OC)c(C)c2[nH]1)C1CC1. The third-order valence-electron chi connectivity index (χ3n) is 4.11. The Balaban J connectivity index is 1.88. The van der Waals surface area contributed by atoms with Crippen LogP contribution in [0.25, 0.3) is 10.9 Å². The molecule has 1 aromatic heterocycles. The van der Waals surface area contributed by atoms with Gasteiger partial charge in [0.2, 0.25) is 0 Å². The van der Waals surface area contributed by atoms with Gasteiger partial charge >= 0.3 is 0 Å². The van der Waals surface area contributed by atoms with Gasteiger partial charge in [0.05, 0.1) is 12.6 Å². The van der Waals surface area contributed by atoms with Crippen LogP contribution >= 0.6 is 11.8 Å². The van der Waals surface area contributed by atoms with Crippen LogP contribution in [0, 0.1) is 12.8 Å². The predicted octanol–water partition coefficient (Wildman–Crippen LogP) is 4.03. The van der Waals surface area contributed by atoms with Crippen LogP contribution < -0.4 is 10.2 Å². The highest BCUT2D eigenvalue weighted by molar-refractivity contribution is 8.01. The summed E-state index contributed by atoms with van der Waals surface area (Å²) in [5.74, 6) is 2.07. The number of H-pyrrole nitrogens is 1. The van der Waals surface area contributed by atoms with Gasteiger partial charge in [0.15, 0.2) is 5.43 Å². The summed E-state index contributed by atoms with van der Waals surface area (Å²) in [5.41, 5.74) is 3.81. The predicted molar refractivity (Wildman–Crippen MR) is 97.5 cm³/mol. The van der Waals surface area contributed by atoms with E-state index in [1.807, 2.05) is 19.1 Å².